The molecule has 0 N–H and O–H groups in total. The molecule has 1 saturated heterocycles. The highest BCUT2D eigenvalue weighted by atomic mass is 35.5. The molecule has 0 saturated carbocycles. The van der Waals surface area contributed by atoms with E-state index in [0.29, 0.717) is 6.42 Å². The van der Waals surface area contributed by atoms with E-state index in [0.717, 1.165) is 0 Å². The van der Waals surface area contributed by atoms with Gasteiger partial charge in [0, 0.05) is 7.11 Å². The average molecular weight is 310 g/mol. The van der Waals surface area contributed by atoms with E-state index in [1.807, 2.05) is 0 Å². The van der Waals surface area contributed by atoms with Crippen LogP contribution in [0.4, 0.5) is 5.69 Å². The zero-order valence-corrected chi connectivity index (χ0v) is 11.6. The van der Waals surface area contributed by atoms with Gasteiger partial charge in [-0.3, -0.25) is 10.1 Å². The molecule has 1 aromatic rings. The van der Waals surface area contributed by atoms with Crippen LogP contribution < -0.4 is 0 Å². The van der Waals surface area contributed by atoms with Crippen LogP contribution in [0.1, 0.15) is 18.2 Å². The Labute approximate surface area is 114 Å². The van der Waals surface area contributed by atoms with Gasteiger partial charge < -0.3 is 4.74 Å². The van der Waals surface area contributed by atoms with Crippen molar-refractivity contribution in [2.75, 3.05) is 18.6 Å². The van der Waals surface area contributed by atoms with Gasteiger partial charge in [-0.2, -0.15) is 5.10 Å². The molecule has 2 rings (SSSR count). The number of nitro groups is 1. The van der Waals surface area contributed by atoms with Gasteiger partial charge in [0.1, 0.15) is 0 Å². The zero-order chi connectivity index (χ0) is 14.2. The first kappa shape index (κ1) is 14.2. The molecule has 0 bridgehead atoms. The predicted octanol–water partition coefficient (Wildman–Crippen LogP) is 0.951. The summed E-state index contributed by atoms with van der Waals surface area (Å²) < 4.78 is 28.9. The molecule has 0 aliphatic carbocycles. The van der Waals surface area contributed by atoms with Crippen LogP contribution in [0.3, 0.4) is 0 Å². The highest BCUT2D eigenvalue weighted by molar-refractivity contribution is 7.91. The average Bonchev–Trinajstić information content (AvgIpc) is 2.80. The highest BCUT2D eigenvalue weighted by Crippen LogP contribution is 2.34. The van der Waals surface area contributed by atoms with Crippen LogP contribution in [0.2, 0.25) is 5.15 Å². The molecular formula is C9H12ClN3O5S. The van der Waals surface area contributed by atoms with E-state index in [9.17, 15) is 18.5 Å². The third-order valence-corrected chi connectivity index (χ3v) is 5.02. The summed E-state index contributed by atoms with van der Waals surface area (Å²) in [6.45, 7) is -0.0531. The number of methoxy groups -OCH3 is 1. The first-order chi connectivity index (χ1) is 8.85. The number of hydrogen-bond acceptors (Lipinski definition) is 6. The minimum absolute atomic E-state index is 0.0429. The molecule has 0 radical (unpaired) electrons. The summed E-state index contributed by atoms with van der Waals surface area (Å²) in [6, 6.07) is -0.457. The molecule has 1 aliphatic heterocycles. The summed E-state index contributed by atoms with van der Waals surface area (Å²) in [6.07, 6.45) is 0.354. The summed E-state index contributed by atoms with van der Waals surface area (Å²) in [4.78, 5) is 10.3. The van der Waals surface area contributed by atoms with Crippen LogP contribution in [0.5, 0.6) is 0 Å². The van der Waals surface area contributed by atoms with Crippen molar-refractivity contribution in [2.24, 2.45) is 0 Å². The number of rotatable bonds is 4. The van der Waals surface area contributed by atoms with Crippen molar-refractivity contribution in [3.63, 3.8) is 0 Å². The van der Waals surface area contributed by atoms with E-state index in [4.69, 9.17) is 16.3 Å². The molecule has 1 fully saturated rings. The van der Waals surface area contributed by atoms with E-state index >= 15 is 0 Å². The Hall–Kier alpha value is -1.19. The van der Waals surface area contributed by atoms with Crippen LogP contribution in [0.25, 0.3) is 0 Å². The first-order valence-electron chi connectivity index (χ1n) is 5.46. The number of aromatic nitrogens is 2. The SMILES string of the molecule is COCc1nn(C2CCS(=O)(=O)C2)c(Cl)c1[N+](=O)[O-]. The maximum atomic E-state index is 11.4. The van der Waals surface area contributed by atoms with E-state index in [1.54, 1.807) is 0 Å². The molecule has 0 aromatic carbocycles. The smallest absolute Gasteiger partial charge is 0.331 e. The number of halogens is 1. The second-order valence-electron chi connectivity index (χ2n) is 4.28. The molecular weight excluding hydrogens is 298 g/mol. The Morgan fingerprint density at radius 1 is 1.63 bits per heavy atom. The largest absolute Gasteiger partial charge is 0.378 e. The Balaban J connectivity index is 2.42. The fraction of sp³-hybridized carbons (Fsp3) is 0.667. The number of ether oxygens (including phenoxy) is 1. The van der Waals surface area contributed by atoms with Gasteiger partial charge in [0.15, 0.2) is 15.5 Å². The lowest BCUT2D eigenvalue weighted by molar-refractivity contribution is -0.385. The maximum Gasteiger partial charge on any atom is 0.331 e. The molecule has 1 aromatic heterocycles. The molecule has 0 spiro atoms. The van der Waals surface area contributed by atoms with Crippen molar-refractivity contribution in [1.29, 1.82) is 0 Å². The summed E-state index contributed by atoms with van der Waals surface area (Å²) in [5.41, 5.74) is -0.227. The Morgan fingerprint density at radius 2 is 2.32 bits per heavy atom. The van der Waals surface area contributed by atoms with E-state index < -0.39 is 20.8 Å². The van der Waals surface area contributed by atoms with Crippen LogP contribution in [0.15, 0.2) is 0 Å². The second-order valence-corrected chi connectivity index (χ2v) is 6.86. The van der Waals surface area contributed by atoms with Gasteiger partial charge in [0.05, 0.1) is 29.1 Å². The van der Waals surface area contributed by atoms with Crippen LogP contribution in [-0.4, -0.2) is 41.7 Å². The van der Waals surface area contributed by atoms with Gasteiger partial charge in [-0.25, -0.2) is 13.1 Å². The molecule has 106 valence electrons. The first-order valence-corrected chi connectivity index (χ1v) is 7.66. The highest BCUT2D eigenvalue weighted by Gasteiger charge is 2.35. The third kappa shape index (κ3) is 2.72. The van der Waals surface area contributed by atoms with Crippen molar-refractivity contribution < 1.29 is 18.1 Å². The Bertz CT molecular complexity index is 612. The molecule has 10 heteroatoms. The number of nitrogens with zero attached hydrogens (tertiary/aromatic N) is 3. The summed E-state index contributed by atoms with van der Waals surface area (Å²) in [5.74, 6) is -0.0563. The minimum atomic E-state index is -3.12. The Morgan fingerprint density at radius 3 is 2.79 bits per heavy atom. The monoisotopic (exact) mass is 309 g/mol. The second kappa shape index (κ2) is 5.06. The molecule has 8 nitrogen and oxygen atoms in total. The molecule has 1 atom stereocenters. The molecule has 1 unspecified atom stereocenters. The lowest BCUT2D eigenvalue weighted by atomic mass is 10.3. The van der Waals surface area contributed by atoms with Gasteiger partial charge in [-0.1, -0.05) is 11.6 Å². The molecule has 0 amide bonds. The third-order valence-electron chi connectivity index (χ3n) is 2.92. The van der Waals surface area contributed by atoms with Gasteiger partial charge in [-0.05, 0) is 6.42 Å². The molecule has 1 aliphatic rings. The van der Waals surface area contributed by atoms with Crippen molar-refractivity contribution >= 4 is 27.1 Å². The quantitative estimate of drug-likeness (QED) is 0.606. The summed E-state index contributed by atoms with van der Waals surface area (Å²) in [5, 5.41) is 14.8. The number of sulfone groups is 1. The van der Waals surface area contributed by atoms with Crippen LogP contribution >= 0.6 is 11.6 Å². The zero-order valence-electron chi connectivity index (χ0n) is 10.1. The fourth-order valence-electron chi connectivity index (χ4n) is 2.07. The van der Waals surface area contributed by atoms with Gasteiger partial charge in [-0.15, -0.1) is 0 Å². The van der Waals surface area contributed by atoms with Crippen molar-refractivity contribution in [1.82, 2.24) is 9.78 Å². The van der Waals surface area contributed by atoms with E-state index in [-0.39, 0.29) is 34.6 Å². The number of hydrogen-bond donors (Lipinski definition) is 0. The summed E-state index contributed by atoms with van der Waals surface area (Å²) in [7, 11) is -1.73. The fourth-order valence-corrected chi connectivity index (χ4v) is 4.12. The lowest BCUT2D eigenvalue weighted by Gasteiger charge is -2.08. The standard InChI is InChI=1S/C9H12ClN3O5S/c1-18-4-7-8(13(14)15)9(10)12(11-7)6-2-3-19(16,17)5-6/h6H,2-5H2,1H3. The van der Waals surface area contributed by atoms with Crippen LogP contribution in [-0.2, 0) is 21.2 Å². The predicted molar refractivity (Wildman–Crippen MR) is 66.9 cm³/mol. The molecule has 19 heavy (non-hydrogen) atoms. The van der Waals surface area contributed by atoms with Crippen molar-refractivity contribution in [2.45, 2.75) is 19.1 Å². The van der Waals surface area contributed by atoms with Crippen LogP contribution in [0, 0.1) is 10.1 Å². The Kier molecular flexibility index (Phi) is 3.79. The molecule has 2 heterocycles. The van der Waals surface area contributed by atoms with E-state index in [2.05, 4.69) is 5.10 Å². The summed E-state index contributed by atoms with van der Waals surface area (Å²) >= 11 is 5.94. The van der Waals surface area contributed by atoms with Gasteiger partial charge in [0.25, 0.3) is 0 Å². The van der Waals surface area contributed by atoms with E-state index in [1.165, 1.54) is 11.8 Å². The maximum absolute atomic E-state index is 11.4. The van der Waals surface area contributed by atoms with Crippen molar-refractivity contribution in [3.8, 4) is 0 Å². The lowest BCUT2D eigenvalue weighted by Crippen LogP contribution is -2.13. The normalized spacial score (nSPS) is 21.7. The van der Waals surface area contributed by atoms with Crippen molar-refractivity contribution in [3.05, 3.63) is 21.0 Å². The van der Waals surface area contributed by atoms with Gasteiger partial charge in [0.2, 0.25) is 5.15 Å². The minimum Gasteiger partial charge on any atom is -0.378 e. The van der Waals surface area contributed by atoms with Gasteiger partial charge >= 0.3 is 5.69 Å². The topological polar surface area (TPSA) is 104 Å².